The van der Waals surface area contributed by atoms with Crippen molar-refractivity contribution in [1.29, 1.82) is 0 Å². The van der Waals surface area contributed by atoms with Crippen molar-refractivity contribution in [2.24, 2.45) is 5.92 Å². The third-order valence-electron chi connectivity index (χ3n) is 3.49. The first-order valence-corrected chi connectivity index (χ1v) is 6.46. The Labute approximate surface area is 106 Å². The highest BCUT2D eigenvalue weighted by Crippen LogP contribution is 2.37. The van der Waals surface area contributed by atoms with E-state index >= 15 is 0 Å². The standard InChI is InChI=1S/C13H18N2O3/c14-10-5-12(15(6-10)11-1-2-11)13(16)18-8-9-3-4-17-7-9/h5-6,9,11H,1-4,7-8,14H2. The monoisotopic (exact) mass is 250 g/mol. The minimum Gasteiger partial charge on any atom is -0.461 e. The van der Waals surface area contributed by atoms with E-state index in [-0.39, 0.29) is 5.97 Å². The number of anilines is 1. The highest BCUT2D eigenvalue weighted by molar-refractivity contribution is 5.89. The van der Waals surface area contributed by atoms with Gasteiger partial charge in [0.15, 0.2) is 0 Å². The van der Waals surface area contributed by atoms with Crippen molar-refractivity contribution in [3.05, 3.63) is 18.0 Å². The van der Waals surface area contributed by atoms with Crippen LogP contribution in [0, 0.1) is 5.92 Å². The van der Waals surface area contributed by atoms with Gasteiger partial charge in [0.1, 0.15) is 5.69 Å². The van der Waals surface area contributed by atoms with Crippen LogP contribution in [0.15, 0.2) is 12.3 Å². The van der Waals surface area contributed by atoms with Crippen molar-refractivity contribution in [2.45, 2.75) is 25.3 Å². The second-order valence-corrected chi connectivity index (χ2v) is 5.13. The molecule has 1 aromatic heterocycles. The Morgan fingerprint density at radius 3 is 3.00 bits per heavy atom. The van der Waals surface area contributed by atoms with Gasteiger partial charge in [0, 0.05) is 24.8 Å². The molecule has 0 radical (unpaired) electrons. The van der Waals surface area contributed by atoms with Crippen LogP contribution in [0.1, 0.15) is 35.8 Å². The number of nitrogens with two attached hydrogens (primary N) is 1. The van der Waals surface area contributed by atoms with Gasteiger partial charge in [0.05, 0.1) is 18.9 Å². The minimum absolute atomic E-state index is 0.273. The largest absolute Gasteiger partial charge is 0.461 e. The maximum absolute atomic E-state index is 12.0. The number of rotatable bonds is 4. The summed E-state index contributed by atoms with van der Waals surface area (Å²) < 4.78 is 12.6. The van der Waals surface area contributed by atoms with Crippen LogP contribution in [0.3, 0.4) is 0 Å². The molecule has 1 atom stereocenters. The molecule has 1 saturated carbocycles. The fourth-order valence-electron chi connectivity index (χ4n) is 2.30. The van der Waals surface area contributed by atoms with Crippen molar-refractivity contribution < 1.29 is 14.3 Å². The molecule has 1 aliphatic heterocycles. The summed E-state index contributed by atoms with van der Waals surface area (Å²) in [7, 11) is 0. The number of carbonyl (C=O) groups excluding carboxylic acids is 1. The van der Waals surface area contributed by atoms with E-state index in [1.54, 1.807) is 6.07 Å². The molecule has 5 nitrogen and oxygen atoms in total. The Hall–Kier alpha value is -1.49. The van der Waals surface area contributed by atoms with E-state index < -0.39 is 0 Å². The summed E-state index contributed by atoms with van der Waals surface area (Å²) in [6, 6.07) is 2.13. The van der Waals surface area contributed by atoms with E-state index in [9.17, 15) is 4.79 Å². The van der Waals surface area contributed by atoms with Gasteiger partial charge in [-0.1, -0.05) is 0 Å². The molecular formula is C13H18N2O3. The quantitative estimate of drug-likeness (QED) is 0.824. The van der Waals surface area contributed by atoms with Crippen molar-refractivity contribution in [2.75, 3.05) is 25.6 Å². The lowest BCUT2D eigenvalue weighted by Gasteiger charge is -2.10. The number of nitrogens with zero attached hydrogens (tertiary/aromatic N) is 1. The van der Waals surface area contributed by atoms with Gasteiger partial charge in [-0.25, -0.2) is 4.79 Å². The van der Waals surface area contributed by atoms with Gasteiger partial charge in [-0.15, -0.1) is 0 Å². The molecule has 1 unspecified atom stereocenters. The Morgan fingerprint density at radius 2 is 2.33 bits per heavy atom. The third-order valence-corrected chi connectivity index (χ3v) is 3.49. The summed E-state index contributed by atoms with van der Waals surface area (Å²) in [5.41, 5.74) is 6.95. The molecule has 2 fully saturated rings. The van der Waals surface area contributed by atoms with Gasteiger partial charge in [0.2, 0.25) is 0 Å². The number of hydrogen-bond donors (Lipinski definition) is 1. The molecule has 0 aromatic carbocycles. The van der Waals surface area contributed by atoms with Crippen molar-refractivity contribution in [1.82, 2.24) is 4.57 Å². The van der Waals surface area contributed by atoms with E-state index in [0.29, 0.717) is 36.6 Å². The van der Waals surface area contributed by atoms with Gasteiger partial charge in [0.25, 0.3) is 0 Å². The predicted octanol–water partition coefficient (Wildman–Crippen LogP) is 1.60. The number of carbonyl (C=O) groups is 1. The van der Waals surface area contributed by atoms with Crippen LogP contribution in [0.25, 0.3) is 0 Å². The second kappa shape index (κ2) is 4.65. The molecule has 2 heterocycles. The Balaban J connectivity index is 1.64. The molecule has 2 N–H and O–H groups in total. The lowest BCUT2D eigenvalue weighted by atomic mass is 10.1. The molecule has 1 aromatic rings. The number of hydrogen-bond acceptors (Lipinski definition) is 4. The highest BCUT2D eigenvalue weighted by Gasteiger charge is 2.28. The Bertz CT molecular complexity index is 445. The molecule has 0 bridgehead atoms. The van der Waals surface area contributed by atoms with Crippen molar-refractivity contribution >= 4 is 11.7 Å². The van der Waals surface area contributed by atoms with Crippen molar-refractivity contribution in [3.63, 3.8) is 0 Å². The summed E-state index contributed by atoms with van der Waals surface area (Å²) in [6.45, 7) is 1.90. The number of esters is 1. The summed E-state index contributed by atoms with van der Waals surface area (Å²) in [5.74, 6) is 0.0705. The SMILES string of the molecule is Nc1cc(C(=O)OCC2CCOC2)n(C2CC2)c1. The summed E-state index contributed by atoms with van der Waals surface area (Å²) in [6.07, 6.45) is 5.03. The lowest BCUT2D eigenvalue weighted by molar-refractivity contribution is 0.0415. The fraction of sp³-hybridized carbons (Fsp3) is 0.615. The zero-order valence-corrected chi connectivity index (χ0v) is 10.3. The van der Waals surface area contributed by atoms with E-state index in [4.69, 9.17) is 15.2 Å². The van der Waals surface area contributed by atoms with Gasteiger partial charge in [-0.05, 0) is 25.3 Å². The van der Waals surface area contributed by atoms with Crippen molar-refractivity contribution in [3.8, 4) is 0 Å². The normalized spacial score (nSPS) is 23.2. The summed E-state index contributed by atoms with van der Waals surface area (Å²) in [5, 5.41) is 0. The third kappa shape index (κ3) is 2.36. The van der Waals surface area contributed by atoms with Gasteiger partial charge in [-0.3, -0.25) is 0 Å². The second-order valence-electron chi connectivity index (χ2n) is 5.13. The molecule has 2 aliphatic rings. The van der Waals surface area contributed by atoms with Crippen LogP contribution < -0.4 is 5.73 Å². The molecule has 1 aliphatic carbocycles. The smallest absolute Gasteiger partial charge is 0.355 e. The van der Waals surface area contributed by atoms with Gasteiger partial charge >= 0.3 is 5.97 Å². The van der Waals surface area contributed by atoms with Crippen LogP contribution in [-0.4, -0.2) is 30.4 Å². The number of aromatic nitrogens is 1. The van der Waals surface area contributed by atoms with Crippen LogP contribution in [0.2, 0.25) is 0 Å². The van der Waals surface area contributed by atoms with Crippen LogP contribution in [0.4, 0.5) is 5.69 Å². The molecule has 98 valence electrons. The fourth-order valence-corrected chi connectivity index (χ4v) is 2.30. The summed E-state index contributed by atoms with van der Waals surface area (Å²) >= 11 is 0. The Morgan fingerprint density at radius 1 is 1.50 bits per heavy atom. The molecule has 0 amide bonds. The topological polar surface area (TPSA) is 66.5 Å². The van der Waals surface area contributed by atoms with Crippen LogP contribution in [-0.2, 0) is 9.47 Å². The number of nitrogen functional groups attached to an aromatic ring is 1. The molecular weight excluding hydrogens is 232 g/mol. The van der Waals surface area contributed by atoms with E-state index in [0.717, 1.165) is 25.9 Å². The predicted molar refractivity (Wildman–Crippen MR) is 66.3 cm³/mol. The Kier molecular flexibility index (Phi) is 2.99. The maximum Gasteiger partial charge on any atom is 0.355 e. The van der Waals surface area contributed by atoms with E-state index in [1.807, 2.05) is 10.8 Å². The van der Waals surface area contributed by atoms with Crippen LogP contribution in [0.5, 0.6) is 0 Å². The molecule has 0 spiro atoms. The average molecular weight is 250 g/mol. The minimum atomic E-state index is -0.273. The first kappa shape index (κ1) is 11.6. The molecule has 5 heteroatoms. The van der Waals surface area contributed by atoms with E-state index in [1.165, 1.54) is 0 Å². The lowest BCUT2D eigenvalue weighted by Crippen LogP contribution is -2.16. The maximum atomic E-state index is 12.0. The van der Waals surface area contributed by atoms with Gasteiger partial charge < -0.3 is 19.8 Å². The first-order valence-electron chi connectivity index (χ1n) is 6.46. The molecule has 1 saturated heterocycles. The average Bonchev–Trinajstić information content (AvgIpc) is 2.92. The number of ether oxygens (including phenoxy) is 2. The highest BCUT2D eigenvalue weighted by atomic mass is 16.5. The van der Waals surface area contributed by atoms with Gasteiger partial charge in [-0.2, -0.15) is 0 Å². The zero-order valence-electron chi connectivity index (χ0n) is 10.3. The first-order chi connectivity index (χ1) is 8.74. The van der Waals surface area contributed by atoms with E-state index in [2.05, 4.69) is 0 Å². The zero-order chi connectivity index (χ0) is 12.5. The molecule has 18 heavy (non-hydrogen) atoms. The summed E-state index contributed by atoms with van der Waals surface area (Å²) in [4.78, 5) is 12.0. The van der Waals surface area contributed by atoms with Crippen LogP contribution >= 0.6 is 0 Å². The molecule has 3 rings (SSSR count).